The lowest BCUT2D eigenvalue weighted by Gasteiger charge is -2.32. The number of halogens is 1. The first-order valence-electron chi connectivity index (χ1n) is 11.0. The van der Waals surface area contributed by atoms with Crippen molar-refractivity contribution in [2.24, 2.45) is 5.92 Å². The minimum absolute atomic E-state index is 0.0343. The van der Waals surface area contributed by atoms with Gasteiger partial charge in [0.25, 0.3) is 0 Å². The number of anilines is 1. The van der Waals surface area contributed by atoms with Gasteiger partial charge in [-0.15, -0.1) is 0 Å². The predicted octanol–water partition coefficient (Wildman–Crippen LogP) is 3.06. The molecular formula is C24H27FN4O3S. The van der Waals surface area contributed by atoms with Crippen LogP contribution < -0.4 is 10.2 Å². The summed E-state index contributed by atoms with van der Waals surface area (Å²) in [6, 6.07) is 11.3. The van der Waals surface area contributed by atoms with E-state index in [4.69, 9.17) is 0 Å². The van der Waals surface area contributed by atoms with Crippen molar-refractivity contribution in [1.82, 2.24) is 15.3 Å². The number of sulfone groups is 1. The number of piperidine rings is 1. The Morgan fingerprint density at radius 2 is 2.03 bits per heavy atom. The Bertz CT molecular complexity index is 1300. The topological polar surface area (TPSA) is 92.3 Å². The third-order valence-corrected chi connectivity index (χ3v) is 7.06. The molecule has 1 N–H and O–H groups in total. The minimum atomic E-state index is -3.34. The molecular weight excluding hydrogens is 443 g/mol. The zero-order valence-electron chi connectivity index (χ0n) is 18.7. The van der Waals surface area contributed by atoms with Crippen LogP contribution in [0.3, 0.4) is 0 Å². The van der Waals surface area contributed by atoms with Gasteiger partial charge in [0.1, 0.15) is 5.82 Å². The largest absolute Gasteiger partial charge is 0.355 e. The van der Waals surface area contributed by atoms with Gasteiger partial charge in [-0.1, -0.05) is 12.1 Å². The average molecular weight is 471 g/mol. The summed E-state index contributed by atoms with van der Waals surface area (Å²) in [5, 5.41) is 3.76. The molecule has 2 heterocycles. The molecule has 9 heteroatoms. The molecule has 1 amide bonds. The van der Waals surface area contributed by atoms with Crippen LogP contribution >= 0.6 is 0 Å². The van der Waals surface area contributed by atoms with E-state index in [1.54, 1.807) is 24.3 Å². The van der Waals surface area contributed by atoms with Crippen molar-refractivity contribution in [3.63, 3.8) is 0 Å². The SMILES string of the molecule is Cc1nc(N2CCC[C@H](C(=O)NCCc3cccc(F)c3)C2)nc2cc(S(C)(=O)=O)ccc12. The first kappa shape index (κ1) is 23.1. The highest BCUT2D eigenvalue weighted by Crippen LogP contribution is 2.25. The number of hydrogen-bond donors (Lipinski definition) is 1. The van der Waals surface area contributed by atoms with Crippen molar-refractivity contribution in [2.75, 3.05) is 30.8 Å². The third kappa shape index (κ3) is 5.47. The van der Waals surface area contributed by atoms with Gasteiger partial charge in [0, 0.05) is 31.3 Å². The molecule has 0 spiro atoms. The summed E-state index contributed by atoms with van der Waals surface area (Å²) in [6.07, 6.45) is 3.33. The predicted molar refractivity (Wildman–Crippen MR) is 125 cm³/mol. The molecule has 0 aliphatic carbocycles. The molecule has 7 nitrogen and oxygen atoms in total. The number of benzene rings is 2. The summed E-state index contributed by atoms with van der Waals surface area (Å²) >= 11 is 0. The van der Waals surface area contributed by atoms with Gasteiger partial charge in [-0.2, -0.15) is 0 Å². The highest BCUT2D eigenvalue weighted by molar-refractivity contribution is 7.90. The number of nitrogens with one attached hydrogen (secondary N) is 1. The summed E-state index contributed by atoms with van der Waals surface area (Å²) in [4.78, 5) is 24.2. The first-order chi connectivity index (χ1) is 15.7. The van der Waals surface area contributed by atoms with Gasteiger partial charge in [-0.25, -0.2) is 22.8 Å². The Labute approximate surface area is 193 Å². The van der Waals surface area contributed by atoms with Crippen LogP contribution in [-0.4, -0.2) is 50.2 Å². The van der Waals surface area contributed by atoms with Gasteiger partial charge in [-0.3, -0.25) is 4.79 Å². The molecule has 1 saturated heterocycles. The zero-order valence-corrected chi connectivity index (χ0v) is 19.5. The van der Waals surface area contributed by atoms with Crippen molar-refractivity contribution >= 4 is 32.6 Å². The quantitative estimate of drug-likeness (QED) is 0.595. The van der Waals surface area contributed by atoms with Crippen LogP contribution in [0.15, 0.2) is 47.4 Å². The lowest BCUT2D eigenvalue weighted by atomic mass is 9.97. The highest BCUT2D eigenvalue weighted by atomic mass is 32.2. The molecule has 1 aliphatic heterocycles. The van der Waals surface area contributed by atoms with Crippen LogP contribution in [-0.2, 0) is 21.1 Å². The molecule has 2 aromatic carbocycles. The molecule has 0 radical (unpaired) electrons. The number of aromatic nitrogens is 2. The second-order valence-electron chi connectivity index (χ2n) is 8.52. The molecule has 0 saturated carbocycles. The molecule has 174 valence electrons. The van der Waals surface area contributed by atoms with Crippen molar-refractivity contribution in [3.05, 3.63) is 59.5 Å². The van der Waals surface area contributed by atoms with Crippen LogP contribution in [0.2, 0.25) is 0 Å². The van der Waals surface area contributed by atoms with Crippen LogP contribution in [0.25, 0.3) is 10.9 Å². The van der Waals surface area contributed by atoms with Crippen LogP contribution in [0.5, 0.6) is 0 Å². The lowest BCUT2D eigenvalue weighted by molar-refractivity contribution is -0.125. The lowest BCUT2D eigenvalue weighted by Crippen LogP contribution is -2.44. The highest BCUT2D eigenvalue weighted by Gasteiger charge is 2.27. The van der Waals surface area contributed by atoms with Gasteiger partial charge in [0.15, 0.2) is 9.84 Å². The fourth-order valence-corrected chi connectivity index (χ4v) is 4.81. The second-order valence-corrected chi connectivity index (χ2v) is 10.5. The van der Waals surface area contributed by atoms with Crippen LogP contribution in [0, 0.1) is 18.7 Å². The van der Waals surface area contributed by atoms with Crippen LogP contribution in [0.1, 0.15) is 24.1 Å². The monoisotopic (exact) mass is 470 g/mol. The third-order valence-electron chi connectivity index (χ3n) is 5.95. The van der Waals surface area contributed by atoms with Crippen molar-refractivity contribution in [3.8, 4) is 0 Å². The van der Waals surface area contributed by atoms with E-state index in [9.17, 15) is 17.6 Å². The number of carbonyl (C=O) groups excluding carboxylic acids is 1. The van der Waals surface area contributed by atoms with E-state index in [2.05, 4.69) is 15.3 Å². The summed E-state index contributed by atoms with van der Waals surface area (Å²) < 4.78 is 37.2. The molecule has 1 fully saturated rings. The Balaban J connectivity index is 1.45. The van der Waals surface area contributed by atoms with Crippen molar-refractivity contribution in [1.29, 1.82) is 0 Å². The number of hydrogen-bond acceptors (Lipinski definition) is 6. The van der Waals surface area contributed by atoms with Gasteiger partial charge in [-0.05, 0) is 62.1 Å². The number of amides is 1. The maximum Gasteiger partial charge on any atom is 0.226 e. The molecule has 0 bridgehead atoms. The minimum Gasteiger partial charge on any atom is -0.355 e. The smallest absolute Gasteiger partial charge is 0.226 e. The standard InChI is InChI=1S/C24H27FN4O3S/c1-16-21-9-8-20(33(2,31)32)14-22(21)28-24(27-16)29-12-4-6-18(15-29)23(30)26-11-10-17-5-3-7-19(25)13-17/h3,5,7-9,13-14,18H,4,6,10-12,15H2,1-2H3,(H,26,30)/t18-/m0/s1. The van der Waals surface area contributed by atoms with Gasteiger partial charge in [0.2, 0.25) is 11.9 Å². The number of nitrogens with zero attached hydrogens (tertiary/aromatic N) is 3. The Morgan fingerprint density at radius 1 is 1.21 bits per heavy atom. The van der Waals surface area contributed by atoms with E-state index < -0.39 is 9.84 Å². The second kappa shape index (κ2) is 9.43. The van der Waals surface area contributed by atoms with Gasteiger partial charge in [0.05, 0.1) is 22.0 Å². The maximum absolute atomic E-state index is 13.3. The Hall–Kier alpha value is -3.07. The number of aryl methyl sites for hydroxylation is 1. The molecule has 33 heavy (non-hydrogen) atoms. The van der Waals surface area contributed by atoms with E-state index in [1.165, 1.54) is 18.4 Å². The van der Waals surface area contributed by atoms with E-state index >= 15 is 0 Å². The van der Waals surface area contributed by atoms with Crippen LogP contribution in [0.4, 0.5) is 10.3 Å². The van der Waals surface area contributed by atoms with E-state index in [0.29, 0.717) is 31.0 Å². The summed E-state index contributed by atoms with van der Waals surface area (Å²) in [5.74, 6) is -0.0137. The normalized spacial score (nSPS) is 16.7. The van der Waals surface area contributed by atoms with E-state index in [0.717, 1.165) is 36.0 Å². The first-order valence-corrected chi connectivity index (χ1v) is 12.9. The number of fused-ring (bicyclic) bond motifs is 1. The molecule has 1 aliphatic rings. The molecule has 4 rings (SSSR count). The maximum atomic E-state index is 13.3. The zero-order chi connectivity index (χ0) is 23.6. The van der Waals surface area contributed by atoms with Gasteiger partial charge >= 0.3 is 0 Å². The van der Waals surface area contributed by atoms with Gasteiger partial charge < -0.3 is 10.2 Å². The number of carbonyl (C=O) groups is 1. The summed E-state index contributed by atoms with van der Waals surface area (Å²) in [7, 11) is -3.34. The van der Waals surface area contributed by atoms with E-state index in [1.807, 2.05) is 17.9 Å². The Kier molecular flexibility index (Phi) is 6.60. The van der Waals surface area contributed by atoms with Crippen molar-refractivity contribution in [2.45, 2.75) is 31.1 Å². The fraction of sp³-hybridized carbons (Fsp3) is 0.375. The van der Waals surface area contributed by atoms with E-state index in [-0.39, 0.29) is 22.5 Å². The average Bonchev–Trinajstić information content (AvgIpc) is 2.78. The summed E-state index contributed by atoms with van der Waals surface area (Å²) in [6.45, 7) is 3.53. The Morgan fingerprint density at radius 3 is 2.79 bits per heavy atom. The molecule has 0 unspecified atom stereocenters. The van der Waals surface area contributed by atoms with Crippen molar-refractivity contribution < 1.29 is 17.6 Å². The fourth-order valence-electron chi connectivity index (χ4n) is 4.16. The number of rotatable bonds is 6. The molecule has 1 aromatic heterocycles. The molecule has 3 aromatic rings. The molecule has 1 atom stereocenters. The summed E-state index contributed by atoms with van der Waals surface area (Å²) in [5.41, 5.74) is 2.17.